The van der Waals surface area contributed by atoms with Gasteiger partial charge in [0.2, 0.25) is 5.88 Å². The Morgan fingerprint density at radius 1 is 1.22 bits per heavy atom. The number of amides is 2. The van der Waals surface area contributed by atoms with Crippen molar-refractivity contribution in [2.75, 3.05) is 49.6 Å². The van der Waals surface area contributed by atoms with E-state index in [1.54, 1.807) is 12.1 Å². The third kappa shape index (κ3) is 4.93. The van der Waals surface area contributed by atoms with Crippen LogP contribution < -0.4 is 30.7 Å². The van der Waals surface area contributed by atoms with Crippen LogP contribution in [0.5, 0.6) is 11.6 Å². The molecule has 5 rings (SSSR count). The second-order valence-electron chi connectivity index (χ2n) is 9.46. The fourth-order valence-electron chi connectivity index (χ4n) is 5.05. The van der Waals surface area contributed by atoms with Crippen molar-refractivity contribution in [3.8, 4) is 11.6 Å². The van der Waals surface area contributed by atoms with Gasteiger partial charge in [-0.2, -0.15) is 0 Å². The number of nitrogens with one attached hydrogen (secondary N) is 2. The van der Waals surface area contributed by atoms with E-state index in [9.17, 15) is 9.59 Å². The Kier molecular flexibility index (Phi) is 6.92. The van der Waals surface area contributed by atoms with Crippen LogP contribution in [0.25, 0.3) is 0 Å². The van der Waals surface area contributed by atoms with E-state index in [-0.39, 0.29) is 18.6 Å². The first-order chi connectivity index (χ1) is 17.4. The molecule has 2 atom stereocenters. The summed E-state index contributed by atoms with van der Waals surface area (Å²) in [6.45, 7) is 7.04. The van der Waals surface area contributed by atoms with Gasteiger partial charge in [-0.15, -0.1) is 0 Å². The van der Waals surface area contributed by atoms with Crippen LogP contribution in [-0.4, -0.2) is 67.5 Å². The molecular weight excluding hydrogens is 464 g/mol. The van der Waals surface area contributed by atoms with Gasteiger partial charge in [0.1, 0.15) is 18.5 Å². The molecular formula is C25H32N6O5. The van der Waals surface area contributed by atoms with Crippen LogP contribution in [0.4, 0.5) is 16.4 Å². The van der Waals surface area contributed by atoms with Crippen molar-refractivity contribution >= 4 is 23.6 Å². The second-order valence-corrected chi connectivity index (χ2v) is 9.46. The molecule has 11 heteroatoms. The molecule has 2 aliphatic heterocycles. The molecule has 192 valence electrons. The van der Waals surface area contributed by atoms with Crippen molar-refractivity contribution in [3.63, 3.8) is 0 Å². The van der Waals surface area contributed by atoms with Crippen molar-refractivity contribution in [1.29, 1.82) is 0 Å². The number of aromatic nitrogens is 2. The summed E-state index contributed by atoms with van der Waals surface area (Å²) in [7, 11) is 0. The first-order valence-electron chi connectivity index (χ1n) is 12.4. The van der Waals surface area contributed by atoms with Crippen molar-refractivity contribution in [2.45, 2.75) is 39.2 Å². The summed E-state index contributed by atoms with van der Waals surface area (Å²) in [4.78, 5) is 34.5. The highest BCUT2D eigenvalue weighted by Gasteiger charge is 2.34. The number of fused-ring (bicyclic) bond motifs is 2. The zero-order valence-electron chi connectivity index (χ0n) is 20.6. The van der Waals surface area contributed by atoms with E-state index in [0.717, 1.165) is 37.2 Å². The number of carbonyl (C=O) groups excluding carboxylic acids is 2. The maximum atomic E-state index is 12.4. The van der Waals surface area contributed by atoms with Gasteiger partial charge in [-0.1, -0.05) is 0 Å². The van der Waals surface area contributed by atoms with Crippen molar-refractivity contribution in [3.05, 3.63) is 34.5 Å². The highest BCUT2D eigenvalue weighted by molar-refractivity contribution is 5.95. The summed E-state index contributed by atoms with van der Waals surface area (Å²) in [6, 6.07) is 3.40. The topological polar surface area (TPSA) is 141 Å². The highest BCUT2D eigenvalue weighted by Crippen LogP contribution is 2.35. The molecule has 0 saturated carbocycles. The number of nitrogens with zero attached hydrogens (tertiary/aromatic N) is 3. The molecule has 1 fully saturated rings. The number of cyclic esters (lactones) is 1. The molecule has 2 aromatic heterocycles. The monoisotopic (exact) mass is 496 g/mol. The number of ether oxygens (including phenoxy) is 3. The predicted octanol–water partition coefficient (Wildman–Crippen LogP) is 1.48. The molecule has 0 aromatic carbocycles. The molecule has 0 spiro atoms. The summed E-state index contributed by atoms with van der Waals surface area (Å²) in [5.74, 6) is 2.15. The van der Waals surface area contributed by atoms with Gasteiger partial charge < -0.3 is 30.6 Å². The number of hydrogen-bond donors (Lipinski definition) is 3. The SMILES string of the molecule is Cc1nc(OCCN)c(C)c2c1CC(CNCCC1CN(c3ccc4c(n3)NC(=O)CO4)C(=O)O1)C2. The standard InChI is InChI=1S/C25H32N6O5/c1-14-18-9-16(10-19(18)15(2)28-24(14)34-8-6-26)11-27-7-5-17-12-31(25(33)36-17)21-4-3-20-23(29-21)30-22(32)13-35-20/h3-4,16-17,27H,5-13,26H2,1-2H3,(H,29,30,32). The lowest BCUT2D eigenvalue weighted by molar-refractivity contribution is -0.118. The van der Waals surface area contributed by atoms with Gasteiger partial charge in [-0.05, 0) is 75.4 Å². The number of carbonyl (C=O) groups is 2. The summed E-state index contributed by atoms with van der Waals surface area (Å²) in [6.07, 6.45) is 2.02. The average Bonchev–Trinajstić information content (AvgIpc) is 3.47. The van der Waals surface area contributed by atoms with Crippen molar-refractivity contribution < 1.29 is 23.8 Å². The zero-order chi connectivity index (χ0) is 25.2. The number of rotatable bonds is 9. The largest absolute Gasteiger partial charge is 0.480 e. The number of nitrogens with two attached hydrogens (primary N) is 1. The maximum absolute atomic E-state index is 12.4. The van der Waals surface area contributed by atoms with Crippen LogP contribution in [0.3, 0.4) is 0 Å². The first-order valence-corrected chi connectivity index (χ1v) is 12.4. The normalized spacial score (nSPS) is 20.5. The van der Waals surface area contributed by atoms with Crippen LogP contribution in [0.15, 0.2) is 12.1 Å². The van der Waals surface area contributed by atoms with E-state index >= 15 is 0 Å². The lowest BCUT2D eigenvalue weighted by Gasteiger charge is -2.19. The maximum Gasteiger partial charge on any atom is 0.415 e. The van der Waals surface area contributed by atoms with E-state index < -0.39 is 6.09 Å². The molecule has 4 N–H and O–H groups in total. The number of anilines is 2. The molecule has 0 bridgehead atoms. The summed E-state index contributed by atoms with van der Waals surface area (Å²) in [5, 5.41) is 6.20. The molecule has 1 saturated heterocycles. The van der Waals surface area contributed by atoms with Gasteiger partial charge in [0.15, 0.2) is 18.2 Å². The van der Waals surface area contributed by atoms with Gasteiger partial charge in [0.05, 0.1) is 6.54 Å². The quantitative estimate of drug-likeness (QED) is 0.440. The van der Waals surface area contributed by atoms with Gasteiger partial charge in [-0.3, -0.25) is 9.69 Å². The van der Waals surface area contributed by atoms with Gasteiger partial charge in [0.25, 0.3) is 5.91 Å². The first kappa shape index (κ1) is 24.3. The Hall–Kier alpha value is -3.44. The highest BCUT2D eigenvalue weighted by atomic mass is 16.6. The third-order valence-electron chi connectivity index (χ3n) is 6.87. The third-order valence-corrected chi connectivity index (χ3v) is 6.87. The van der Waals surface area contributed by atoms with E-state index in [0.29, 0.717) is 55.3 Å². The van der Waals surface area contributed by atoms with Gasteiger partial charge in [-0.25, -0.2) is 14.8 Å². The van der Waals surface area contributed by atoms with Crippen molar-refractivity contribution in [1.82, 2.24) is 15.3 Å². The number of pyridine rings is 2. The minimum absolute atomic E-state index is 0.0395. The molecule has 3 aliphatic rings. The molecule has 2 amide bonds. The number of aryl methyl sites for hydroxylation is 1. The van der Waals surface area contributed by atoms with Crippen molar-refractivity contribution in [2.24, 2.45) is 11.7 Å². The Balaban J connectivity index is 1.10. The fourth-order valence-corrected chi connectivity index (χ4v) is 5.05. The van der Waals surface area contributed by atoms with Gasteiger partial charge in [0, 0.05) is 17.8 Å². The summed E-state index contributed by atoms with van der Waals surface area (Å²) >= 11 is 0. The van der Waals surface area contributed by atoms with Crippen LogP contribution in [0.2, 0.25) is 0 Å². The predicted molar refractivity (Wildman–Crippen MR) is 133 cm³/mol. The van der Waals surface area contributed by atoms with Crippen LogP contribution in [0, 0.1) is 19.8 Å². The van der Waals surface area contributed by atoms with E-state index in [2.05, 4.69) is 27.5 Å². The summed E-state index contributed by atoms with van der Waals surface area (Å²) < 4.78 is 16.6. The van der Waals surface area contributed by atoms with Crippen LogP contribution in [-0.2, 0) is 22.4 Å². The Labute approximate surface area is 209 Å². The van der Waals surface area contributed by atoms with E-state index in [1.165, 1.54) is 16.0 Å². The molecule has 0 radical (unpaired) electrons. The Bertz CT molecular complexity index is 1170. The molecule has 2 unspecified atom stereocenters. The zero-order valence-corrected chi connectivity index (χ0v) is 20.6. The second kappa shape index (κ2) is 10.3. The lowest BCUT2D eigenvalue weighted by Crippen LogP contribution is -2.30. The molecule has 4 heterocycles. The molecule has 36 heavy (non-hydrogen) atoms. The smallest absolute Gasteiger partial charge is 0.415 e. The molecule has 2 aromatic rings. The van der Waals surface area contributed by atoms with E-state index in [1.807, 2.05) is 6.92 Å². The molecule has 11 nitrogen and oxygen atoms in total. The van der Waals surface area contributed by atoms with Crippen LogP contribution >= 0.6 is 0 Å². The minimum atomic E-state index is -0.437. The van der Waals surface area contributed by atoms with Gasteiger partial charge >= 0.3 is 6.09 Å². The van der Waals surface area contributed by atoms with Crippen LogP contribution in [0.1, 0.15) is 28.8 Å². The summed E-state index contributed by atoms with van der Waals surface area (Å²) in [5.41, 5.74) is 10.4. The Morgan fingerprint density at radius 3 is 2.89 bits per heavy atom. The van der Waals surface area contributed by atoms with E-state index in [4.69, 9.17) is 19.9 Å². The minimum Gasteiger partial charge on any atom is -0.480 e. The lowest BCUT2D eigenvalue weighted by atomic mass is 10.0. The fraction of sp³-hybridized carbons (Fsp3) is 0.520. The average molecular weight is 497 g/mol. The Morgan fingerprint density at radius 2 is 2.06 bits per heavy atom. The number of hydrogen-bond acceptors (Lipinski definition) is 9. The molecule has 1 aliphatic carbocycles.